The van der Waals surface area contributed by atoms with Crippen LogP contribution in [0.3, 0.4) is 0 Å². The van der Waals surface area contributed by atoms with E-state index in [-0.39, 0.29) is 35.6 Å². The van der Waals surface area contributed by atoms with Gasteiger partial charge in [-0.2, -0.15) is 0 Å². The first-order valence-corrected chi connectivity index (χ1v) is 10.7. The summed E-state index contributed by atoms with van der Waals surface area (Å²) >= 11 is 0. The summed E-state index contributed by atoms with van der Waals surface area (Å²) in [4.78, 5) is 33.4. The maximum Gasteiger partial charge on any atom is 0.320 e. The van der Waals surface area contributed by atoms with Gasteiger partial charge in [-0.1, -0.05) is 18.6 Å². The molecule has 3 atom stereocenters. The number of nitrogens with zero attached hydrogens (tertiary/aromatic N) is 4. The number of hydrogen-bond acceptors (Lipinski definition) is 3. The molecule has 3 heterocycles. The lowest BCUT2D eigenvalue weighted by atomic mass is 9.89. The monoisotopic (exact) mass is 402 g/mol. The van der Waals surface area contributed by atoms with Crippen molar-refractivity contribution in [3.05, 3.63) is 35.6 Å². The molecule has 3 amide bonds. The second kappa shape index (κ2) is 8.30. The van der Waals surface area contributed by atoms with Gasteiger partial charge < -0.3 is 14.7 Å². The number of likely N-dealkylation sites (tertiary alicyclic amines) is 3. The molecule has 0 N–H and O–H groups in total. The minimum atomic E-state index is -0.292. The first-order chi connectivity index (χ1) is 13.9. The second-order valence-electron chi connectivity index (χ2n) is 8.89. The lowest BCUT2D eigenvalue weighted by Gasteiger charge is -2.32. The van der Waals surface area contributed by atoms with E-state index in [1.807, 2.05) is 15.9 Å². The molecular formula is C22H31FN4O2. The molecule has 1 aromatic rings. The number of carbonyl (C=O) groups excluding carboxylic acids is 2. The number of halogens is 1. The molecule has 0 radical (unpaired) electrons. The number of amides is 3. The third-order valence-electron chi connectivity index (χ3n) is 6.64. The molecule has 158 valence electrons. The summed E-state index contributed by atoms with van der Waals surface area (Å²) in [6, 6.07) is 6.30. The SMILES string of the molecule is CN(C)C(=O)N1C[C@H]2CN(C(=O)CN3CCCCC3)C[C@H]2[C@@H]1c1cccc(F)c1. The summed E-state index contributed by atoms with van der Waals surface area (Å²) in [5.41, 5.74) is 0.818. The Balaban J connectivity index is 1.51. The molecule has 1 aromatic carbocycles. The van der Waals surface area contributed by atoms with Crippen molar-refractivity contribution in [1.29, 1.82) is 0 Å². The third kappa shape index (κ3) is 4.10. The van der Waals surface area contributed by atoms with Gasteiger partial charge >= 0.3 is 6.03 Å². The van der Waals surface area contributed by atoms with Gasteiger partial charge in [0.25, 0.3) is 0 Å². The molecule has 4 rings (SSSR count). The van der Waals surface area contributed by atoms with E-state index >= 15 is 0 Å². The van der Waals surface area contributed by atoms with Gasteiger partial charge in [0.15, 0.2) is 0 Å². The lowest BCUT2D eigenvalue weighted by molar-refractivity contribution is -0.132. The maximum absolute atomic E-state index is 13.9. The van der Waals surface area contributed by atoms with E-state index in [4.69, 9.17) is 0 Å². The van der Waals surface area contributed by atoms with E-state index in [9.17, 15) is 14.0 Å². The van der Waals surface area contributed by atoms with Crippen molar-refractivity contribution in [2.24, 2.45) is 11.8 Å². The molecule has 0 aromatic heterocycles. The van der Waals surface area contributed by atoms with Crippen LogP contribution >= 0.6 is 0 Å². The molecular weight excluding hydrogens is 371 g/mol. The van der Waals surface area contributed by atoms with Crippen LogP contribution in [-0.2, 0) is 4.79 Å². The van der Waals surface area contributed by atoms with Crippen molar-refractivity contribution in [2.45, 2.75) is 25.3 Å². The zero-order chi connectivity index (χ0) is 20.5. The molecule has 3 aliphatic heterocycles. The Bertz CT molecular complexity index is 765. The van der Waals surface area contributed by atoms with E-state index in [2.05, 4.69) is 4.90 Å². The second-order valence-corrected chi connectivity index (χ2v) is 8.89. The summed E-state index contributed by atoms with van der Waals surface area (Å²) in [7, 11) is 3.49. The van der Waals surface area contributed by atoms with Crippen LogP contribution in [0.1, 0.15) is 30.9 Å². The van der Waals surface area contributed by atoms with Crippen molar-refractivity contribution < 1.29 is 14.0 Å². The number of hydrogen-bond donors (Lipinski definition) is 0. The minimum absolute atomic E-state index is 0.0557. The number of piperidine rings is 1. The average molecular weight is 403 g/mol. The lowest BCUT2D eigenvalue weighted by Crippen LogP contribution is -2.44. The number of benzene rings is 1. The topological polar surface area (TPSA) is 47.1 Å². The van der Waals surface area contributed by atoms with Crippen LogP contribution in [-0.4, -0.2) is 84.9 Å². The van der Waals surface area contributed by atoms with E-state index in [1.165, 1.54) is 31.4 Å². The molecule has 0 bridgehead atoms. The molecule has 0 spiro atoms. The zero-order valence-corrected chi connectivity index (χ0v) is 17.4. The van der Waals surface area contributed by atoms with Crippen molar-refractivity contribution in [3.63, 3.8) is 0 Å². The Morgan fingerprint density at radius 1 is 1.10 bits per heavy atom. The molecule has 7 heteroatoms. The molecule has 0 saturated carbocycles. The smallest absolute Gasteiger partial charge is 0.320 e. The van der Waals surface area contributed by atoms with Gasteiger partial charge in [0.2, 0.25) is 5.91 Å². The fraction of sp³-hybridized carbons (Fsp3) is 0.636. The Hall–Kier alpha value is -2.15. The van der Waals surface area contributed by atoms with E-state index in [0.717, 1.165) is 18.7 Å². The molecule has 3 saturated heterocycles. The molecule has 0 unspecified atom stereocenters. The van der Waals surface area contributed by atoms with Gasteiger partial charge in [0.05, 0.1) is 12.6 Å². The number of carbonyl (C=O) groups is 2. The summed E-state index contributed by atoms with van der Waals surface area (Å²) < 4.78 is 13.9. The Morgan fingerprint density at radius 2 is 1.86 bits per heavy atom. The minimum Gasteiger partial charge on any atom is -0.341 e. The maximum atomic E-state index is 13.9. The number of urea groups is 1. The van der Waals surface area contributed by atoms with Gasteiger partial charge in [0, 0.05) is 45.6 Å². The highest BCUT2D eigenvalue weighted by Crippen LogP contribution is 2.45. The fourth-order valence-electron chi connectivity index (χ4n) is 5.23. The predicted octanol–water partition coefficient (Wildman–Crippen LogP) is 2.42. The van der Waals surface area contributed by atoms with Gasteiger partial charge in [0.1, 0.15) is 5.82 Å². The van der Waals surface area contributed by atoms with Crippen molar-refractivity contribution in [3.8, 4) is 0 Å². The summed E-state index contributed by atoms with van der Waals surface area (Å²) in [6.45, 7) is 4.42. The van der Waals surface area contributed by atoms with Crippen LogP contribution in [0, 0.1) is 17.7 Å². The standard InChI is InChI=1S/C22H31FN4O2/c1-24(2)22(29)27-13-17-12-26(20(28)15-25-9-4-3-5-10-25)14-19(17)21(27)16-7-6-8-18(23)11-16/h6-8,11,17,19,21H,3-5,9-10,12-15H2,1-2H3/t17-,19-,21+/m1/s1. The van der Waals surface area contributed by atoms with Gasteiger partial charge in [-0.15, -0.1) is 0 Å². The van der Waals surface area contributed by atoms with E-state index in [1.54, 1.807) is 25.1 Å². The summed E-state index contributed by atoms with van der Waals surface area (Å²) in [6.07, 6.45) is 3.59. The average Bonchev–Trinajstić information content (AvgIpc) is 3.26. The van der Waals surface area contributed by atoms with Crippen LogP contribution in [0.2, 0.25) is 0 Å². The highest BCUT2D eigenvalue weighted by Gasteiger charge is 2.50. The largest absolute Gasteiger partial charge is 0.341 e. The number of rotatable bonds is 3. The number of fused-ring (bicyclic) bond motifs is 1. The van der Waals surface area contributed by atoms with E-state index in [0.29, 0.717) is 26.2 Å². The molecule has 29 heavy (non-hydrogen) atoms. The normalized spacial score (nSPS) is 27.2. The first kappa shape index (κ1) is 20.1. The van der Waals surface area contributed by atoms with Crippen LogP contribution in [0.15, 0.2) is 24.3 Å². The highest BCUT2D eigenvalue weighted by atomic mass is 19.1. The molecule has 0 aliphatic carbocycles. The van der Waals surface area contributed by atoms with E-state index < -0.39 is 0 Å². The van der Waals surface area contributed by atoms with Crippen LogP contribution in [0.5, 0.6) is 0 Å². The summed E-state index contributed by atoms with van der Waals surface area (Å²) in [5, 5.41) is 0. The van der Waals surface area contributed by atoms with Crippen LogP contribution in [0.4, 0.5) is 9.18 Å². The molecule has 6 nitrogen and oxygen atoms in total. The fourth-order valence-corrected chi connectivity index (χ4v) is 5.23. The quantitative estimate of drug-likeness (QED) is 0.780. The zero-order valence-electron chi connectivity index (χ0n) is 17.4. The van der Waals surface area contributed by atoms with Crippen molar-refractivity contribution in [2.75, 3.05) is 53.4 Å². The molecule has 3 aliphatic rings. The predicted molar refractivity (Wildman–Crippen MR) is 109 cm³/mol. The third-order valence-corrected chi connectivity index (χ3v) is 6.64. The summed E-state index contributed by atoms with van der Waals surface area (Å²) in [5.74, 6) is 0.271. The Morgan fingerprint density at radius 3 is 2.55 bits per heavy atom. The van der Waals surface area contributed by atoms with Gasteiger partial charge in [-0.3, -0.25) is 9.69 Å². The first-order valence-electron chi connectivity index (χ1n) is 10.7. The molecule has 3 fully saturated rings. The van der Waals surface area contributed by atoms with Gasteiger partial charge in [-0.25, -0.2) is 9.18 Å². The van der Waals surface area contributed by atoms with Gasteiger partial charge in [-0.05, 0) is 43.6 Å². The van der Waals surface area contributed by atoms with Crippen molar-refractivity contribution in [1.82, 2.24) is 19.6 Å². The van der Waals surface area contributed by atoms with Crippen molar-refractivity contribution >= 4 is 11.9 Å². The Labute approximate surface area is 172 Å². The highest BCUT2D eigenvalue weighted by molar-refractivity contribution is 5.79. The van der Waals surface area contributed by atoms with Crippen LogP contribution in [0.25, 0.3) is 0 Å². The van der Waals surface area contributed by atoms with Crippen LogP contribution < -0.4 is 0 Å². The Kier molecular flexibility index (Phi) is 5.76.